The minimum absolute atomic E-state index is 0.134. The standard InChI is InChI=1S/C39H74N2O12/c1-15-16-28-39(10,47)32(43)25(6)41(13)20-21(2)18-37(8,46)34(53-36-30(42)27(40(11)12)17-22(3)49-36)23(4)31(24(5)35(45)51-28)52-29-19-38(9,48-14)33(44)26(7)50-29/h21-34,36,42-44,46-47H,15-20H2,1-14H3/t21-,22-,23+,24-,25-,26+,27+,28?,29+,30-,31+,32-,33+,34-,36+,37-,38-,39-/m1/s1. The number of ether oxygens (including phenoxy) is 6. The Morgan fingerprint density at radius 2 is 1.57 bits per heavy atom. The number of hydrogen-bond donors (Lipinski definition) is 5. The zero-order valence-corrected chi connectivity index (χ0v) is 34.9. The molecule has 3 aliphatic rings. The number of likely N-dealkylation sites (N-methyl/N-ethyl adjacent to an activating group) is 2. The summed E-state index contributed by atoms with van der Waals surface area (Å²) in [6.07, 6.45) is -7.53. The fourth-order valence-electron chi connectivity index (χ4n) is 8.85. The smallest absolute Gasteiger partial charge is 0.311 e. The number of rotatable bonds is 8. The molecule has 0 bridgehead atoms. The van der Waals surface area contributed by atoms with Gasteiger partial charge in [0.25, 0.3) is 0 Å². The van der Waals surface area contributed by atoms with Crippen molar-refractivity contribution in [1.29, 1.82) is 0 Å². The summed E-state index contributed by atoms with van der Waals surface area (Å²) in [6, 6.07) is -0.808. The molecule has 3 saturated heterocycles. The highest BCUT2D eigenvalue weighted by molar-refractivity contribution is 5.73. The molecule has 0 radical (unpaired) electrons. The Kier molecular flexibility index (Phi) is 16.2. The van der Waals surface area contributed by atoms with Gasteiger partial charge in [-0.15, -0.1) is 0 Å². The van der Waals surface area contributed by atoms with Gasteiger partial charge < -0.3 is 63.8 Å². The van der Waals surface area contributed by atoms with Crippen LogP contribution in [-0.2, 0) is 33.2 Å². The lowest BCUT2D eigenvalue weighted by molar-refractivity contribution is -0.318. The van der Waals surface area contributed by atoms with Gasteiger partial charge in [0.15, 0.2) is 12.6 Å². The lowest BCUT2D eigenvalue weighted by Gasteiger charge is -2.48. The summed E-state index contributed by atoms with van der Waals surface area (Å²) in [4.78, 5) is 18.2. The summed E-state index contributed by atoms with van der Waals surface area (Å²) < 4.78 is 37.7. The largest absolute Gasteiger partial charge is 0.459 e. The Bertz CT molecular complexity index is 1160. The number of cyclic esters (lactones) is 1. The maximum atomic E-state index is 14.3. The SMILES string of the molecule is CCCC1OC(=O)[C@H](C)[C@@H](O[C@H]2C[C@@](C)(OC)[C@@H](O)[C@H](C)O2)[C@H](C)[C@@H](O[C@@H]2O[C@H](C)C[C@H](N(C)C)[C@H]2O)[C@](C)(O)C[C@@H](C)CN(C)[C@H](C)[C@@H](O)[C@]1(C)O. The lowest BCUT2D eigenvalue weighted by Crippen LogP contribution is -2.60. The molecule has 312 valence electrons. The van der Waals surface area contributed by atoms with Crippen LogP contribution in [0.1, 0.15) is 101 Å². The molecule has 3 aliphatic heterocycles. The van der Waals surface area contributed by atoms with Crippen LogP contribution in [0.3, 0.4) is 0 Å². The van der Waals surface area contributed by atoms with E-state index < -0.39 is 96.0 Å². The minimum Gasteiger partial charge on any atom is -0.459 e. The summed E-state index contributed by atoms with van der Waals surface area (Å²) in [5, 5.41) is 58.4. The zero-order chi connectivity index (χ0) is 40.4. The molecule has 0 amide bonds. The normalized spacial score (nSPS) is 48.9. The highest BCUT2D eigenvalue weighted by atomic mass is 16.7. The Morgan fingerprint density at radius 1 is 0.943 bits per heavy atom. The molecule has 0 aromatic carbocycles. The first kappa shape index (κ1) is 46.4. The summed E-state index contributed by atoms with van der Waals surface area (Å²) >= 11 is 0. The van der Waals surface area contributed by atoms with E-state index in [4.69, 9.17) is 28.4 Å². The van der Waals surface area contributed by atoms with Gasteiger partial charge in [0.2, 0.25) is 0 Å². The van der Waals surface area contributed by atoms with Crippen molar-refractivity contribution in [2.45, 2.75) is 192 Å². The molecule has 18 atom stereocenters. The van der Waals surface area contributed by atoms with Crippen molar-refractivity contribution >= 4 is 5.97 Å². The Balaban J connectivity index is 2.19. The van der Waals surface area contributed by atoms with Crippen molar-refractivity contribution in [3.8, 4) is 0 Å². The summed E-state index contributed by atoms with van der Waals surface area (Å²) in [5.74, 6) is -2.57. The van der Waals surface area contributed by atoms with Gasteiger partial charge in [-0.25, -0.2) is 0 Å². The fourth-order valence-corrected chi connectivity index (χ4v) is 8.85. The third-order valence-corrected chi connectivity index (χ3v) is 12.4. The molecular weight excluding hydrogens is 688 g/mol. The average Bonchev–Trinajstić information content (AvgIpc) is 3.07. The van der Waals surface area contributed by atoms with Crippen LogP contribution in [0.25, 0.3) is 0 Å². The first-order chi connectivity index (χ1) is 24.4. The molecule has 0 aliphatic carbocycles. The maximum absolute atomic E-state index is 14.3. The van der Waals surface area contributed by atoms with Crippen molar-refractivity contribution in [1.82, 2.24) is 9.80 Å². The molecule has 53 heavy (non-hydrogen) atoms. The second-order valence-electron chi connectivity index (χ2n) is 17.5. The molecular formula is C39H74N2O12. The summed E-state index contributed by atoms with van der Waals surface area (Å²) in [5.41, 5.74) is -4.38. The molecule has 0 saturated carbocycles. The second-order valence-corrected chi connectivity index (χ2v) is 17.5. The molecule has 14 nitrogen and oxygen atoms in total. The van der Waals surface area contributed by atoms with Crippen molar-refractivity contribution in [2.24, 2.45) is 17.8 Å². The third-order valence-electron chi connectivity index (χ3n) is 12.4. The molecule has 0 aromatic rings. The number of aliphatic hydroxyl groups excluding tert-OH is 3. The first-order valence-corrected chi connectivity index (χ1v) is 19.6. The lowest BCUT2D eigenvalue weighted by atomic mass is 9.77. The van der Waals surface area contributed by atoms with E-state index in [-0.39, 0.29) is 30.9 Å². The fraction of sp³-hybridized carbons (Fsp3) is 0.974. The van der Waals surface area contributed by atoms with E-state index in [1.54, 1.807) is 27.7 Å². The monoisotopic (exact) mass is 763 g/mol. The number of aliphatic hydroxyl groups is 5. The van der Waals surface area contributed by atoms with Gasteiger partial charge in [-0.2, -0.15) is 0 Å². The number of nitrogens with zero attached hydrogens (tertiary/aromatic N) is 2. The van der Waals surface area contributed by atoms with Crippen LogP contribution in [0.5, 0.6) is 0 Å². The van der Waals surface area contributed by atoms with Gasteiger partial charge in [-0.3, -0.25) is 4.79 Å². The zero-order valence-electron chi connectivity index (χ0n) is 34.9. The van der Waals surface area contributed by atoms with Gasteiger partial charge in [-0.05, 0) is 94.8 Å². The van der Waals surface area contributed by atoms with Crippen LogP contribution in [0, 0.1) is 17.8 Å². The van der Waals surface area contributed by atoms with Crippen LogP contribution >= 0.6 is 0 Å². The summed E-state index contributed by atoms with van der Waals surface area (Å²) in [6.45, 7) is 18.2. The average molecular weight is 763 g/mol. The Labute approximate surface area is 318 Å². The predicted molar refractivity (Wildman–Crippen MR) is 199 cm³/mol. The molecule has 3 rings (SSSR count). The highest BCUT2D eigenvalue weighted by Crippen LogP contribution is 2.40. The van der Waals surface area contributed by atoms with E-state index in [0.717, 1.165) is 0 Å². The van der Waals surface area contributed by atoms with Crippen LogP contribution < -0.4 is 0 Å². The van der Waals surface area contributed by atoms with Crippen LogP contribution in [0.2, 0.25) is 0 Å². The van der Waals surface area contributed by atoms with E-state index in [9.17, 15) is 30.3 Å². The first-order valence-electron chi connectivity index (χ1n) is 19.6. The van der Waals surface area contributed by atoms with E-state index in [1.165, 1.54) is 14.0 Å². The second kappa shape index (κ2) is 18.5. The number of hydrogen-bond acceptors (Lipinski definition) is 14. The van der Waals surface area contributed by atoms with Gasteiger partial charge >= 0.3 is 5.97 Å². The van der Waals surface area contributed by atoms with E-state index in [0.29, 0.717) is 25.8 Å². The van der Waals surface area contributed by atoms with Crippen molar-refractivity contribution in [2.75, 3.05) is 34.8 Å². The third kappa shape index (κ3) is 10.7. The van der Waals surface area contributed by atoms with Gasteiger partial charge in [0.1, 0.15) is 30.0 Å². The van der Waals surface area contributed by atoms with Gasteiger partial charge in [0.05, 0.1) is 41.5 Å². The Morgan fingerprint density at radius 3 is 2.13 bits per heavy atom. The topological polar surface area (TPSA) is 180 Å². The summed E-state index contributed by atoms with van der Waals surface area (Å²) in [7, 11) is 7.13. The molecule has 14 heteroatoms. The van der Waals surface area contributed by atoms with Gasteiger partial charge in [0, 0.05) is 38.1 Å². The van der Waals surface area contributed by atoms with Gasteiger partial charge in [-0.1, -0.05) is 27.2 Å². The number of carbonyl (C=O) groups excluding carboxylic acids is 1. The van der Waals surface area contributed by atoms with Crippen molar-refractivity contribution in [3.63, 3.8) is 0 Å². The molecule has 1 unspecified atom stereocenters. The molecule has 3 fully saturated rings. The number of esters is 1. The van der Waals surface area contributed by atoms with Crippen LogP contribution in [0.15, 0.2) is 0 Å². The number of carbonyl (C=O) groups is 1. The molecule has 3 heterocycles. The highest BCUT2D eigenvalue weighted by Gasteiger charge is 2.52. The van der Waals surface area contributed by atoms with E-state index in [1.807, 2.05) is 65.6 Å². The van der Waals surface area contributed by atoms with Crippen LogP contribution in [0.4, 0.5) is 0 Å². The maximum Gasteiger partial charge on any atom is 0.311 e. The Hall–Kier alpha value is -1.01. The van der Waals surface area contributed by atoms with E-state index >= 15 is 0 Å². The predicted octanol–water partition coefficient (Wildman–Crippen LogP) is 2.29. The number of methoxy groups -OCH3 is 1. The minimum atomic E-state index is -1.80. The molecule has 0 aromatic heterocycles. The van der Waals surface area contributed by atoms with E-state index in [2.05, 4.69) is 0 Å². The van der Waals surface area contributed by atoms with Crippen LogP contribution in [-0.4, -0.2) is 166 Å². The quantitative estimate of drug-likeness (QED) is 0.228. The van der Waals surface area contributed by atoms with Crippen molar-refractivity contribution < 1.29 is 58.7 Å². The molecule has 0 spiro atoms. The van der Waals surface area contributed by atoms with Crippen molar-refractivity contribution in [3.05, 3.63) is 0 Å². The molecule has 5 N–H and O–H groups in total.